The van der Waals surface area contributed by atoms with Gasteiger partial charge >= 0.3 is 0 Å². The van der Waals surface area contributed by atoms with Crippen molar-refractivity contribution in [3.8, 4) is 0 Å². The zero-order valence-corrected chi connectivity index (χ0v) is 15.7. The molecule has 0 atom stereocenters. The molecule has 1 aliphatic rings. The highest BCUT2D eigenvalue weighted by Crippen LogP contribution is 2.38. The first-order valence-electron chi connectivity index (χ1n) is 8.75. The summed E-state index contributed by atoms with van der Waals surface area (Å²) in [5.41, 5.74) is 2.21. The van der Waals surface area contributed by atoms with Crippen LogP contribution in [0, 0.1) is 12.8 Å². The van der Waals surface area contributed by atoms with Gasteiger partial charge in [-0.3, -0.25) is 0 Å². The van der Waals surface area contributed by atoms with Crippen molar-refractivity contribution in [1.82, 2.24) is 15.0 Å². The van der Waals surface area contributed by atoms with Crippen LogP contribution in [0.25, 0.3) is 20.4 Å². The molecule has 6 nitrogen and oxygen atoms in total. The van der Waals surface area contributed by atoms with Crippen molar-refractivity contribution in [2.24, 2.45) is 5.92 Å². The van der Waals surface area contributed by atoms with Crippen LogP contribution in [0.2, 0.25) is 0 Å². The van der Waals surface area contributed by atoms with Gasteiger partial charge in [0.2, 0.25) is 0 Å². The molecule has 4 heterocycles. The van der Waals surface area contributed by atoms with Gasteiger partial charge in [-0.15, -0.1) is 11.3 Å². The third-order valence-corrected chi connectivity index (χ3v) is 5.50. The topological polar surface area (TPSA) is 63.2 Å². The number of pyridine rings is 1. The number of nitrogens with zero attached hydrogens (tertiary/aromatic N) is 4. The number of morpholine rings is 1. The van der Waals surface area contributed by atoms with Crippen LogP contribution >= 0.6 is 11.3 Å². The van der Waals surface area contributed by atoms with E-state index >= 15 is 0 Å². The molecule has 4 rings (SSSR count). The normalized spacial score (nSPS) is 15.4. The fourth-order valence-corrected chi connectivity index (χ4v) is 4.28. The molecular weight excluding hydrogens is 334 g/mol. The largest absolute Gasteiger partial charge is 0.378 e. The lowest BCUT2D eigenvalue weighted by molar-refractivity contribution is 0.122. The van der Waals surface area contributed by atoms with Crippen LogP contribution in [0.3, 0.4) is 0 Å². The van der Waals surface area contributed by atoms with E-state index < -0.39 is 0 Å². The lowest BCUT2D eigenvalue weighted by atomic mass is 10.1. The first-order chi connectivity index (χ1) is 12.1. The van der Waals surface area contributed by atoms with Gasteiger partial charge in [0.05, 0.1) is 23.4 Å². The van der Waals surface area contributed by atoms with Crippen molar-refractivity contribution < 1.29 is 4.74 Å². The van der Waals surface area contributed by atoms with Crippen LogP contribution in [0.4, 0.5) is 11.6 Å². The summed E-state index contributed by atoms with van der Waals surface area (Å²) in [6, 6.07) is 2.17. The minimum absolute atomic E-state index is 0.562. The number of rotatable bonds is 4. The molecule has 0 bridgehead atoms. The smallest absolute Gasteiger partial charge is 0.147 e. The molecule has 1 aliphatic heterocycles. The molecule has 132 valence electrons. The number of ether oxygens (including phenoxy) is 1. The minimum Gasteiger partial charge on any atom is -0.378 e. The Labute approximate surface area is 151 Å². The summed E-state index contributed by atoms with van der Waals surface area (Å²) in [5.74, 6) is 2.51. The molecule has 3 aromatic rings. The zero-order valence-electron chi connectivity index (χ0n) is 14.9. The lowest BCUT2D eigenvalue weighted by Gasteiger charge is -2.28. The second-order valence-electron chi connectivity index (χ2n) is 6.85. The predicted octanol–water partition coefficient (Wildman–Crippen LogP) is 3.45. The van der Waals surface area contributed by atoms with Gasteiger partial charge < -0.3 is 15.0 Å². The Kier molecular flexibility index (Phi) is 4.43. The number of aromatic nitrogens is 3. The maximum Gasteiger partial charge on any atom is 0.147 e. The van der Waals surface area contributed by atoms with Crippen LogP contribution in [0.15, 0.2) is 12.4 Å². The molecule has 1 saturated heterocycles. The number of anilines is 2. The van der Waals surface area contributed by atoms with Gasteiger partial charge in [0, 0.05) is 25.0 Å². The van der Waals surface area contributed by atoms with Crippen molar-refractivity contribution in [2.75, 3.05) is 43.1 Å². The number of thiophene rings is 1. The Hall–Kier alpha value is -1.99. The van der Waals surface area contributed by atoms with Gasteiger partial charge in [0.15, 0.2) is 0 Å². The second kappa shape index (κ2) is 6.72. The second-order valence-corrected chi connectivity index (χ2v) is 7.85. The van der Waals surface area contributed by atoms with Crippen molar-refractivity contribution in [3.63, 3.8) is 0 Å². The SMILES string of the molecule is Cc1cc(N2CCOCC2)nc2sc3c(NCC(C)C)ncnc3c12. The average Bonchev–Trinajstić information content (AvgIpc) is 3.00. The predicted molar refractivity (Wildman–Crippen MR) is 104 cm³/mol. The highest BCUT2D eigenvalue weighted by molar-refractivity contribution is 7.26. The summed E-state index contributed by atoms with van der Waals surface area (Å²) in [7, 11) is 0. The molecule has 25 heavy (non-hydrogen) atoms. The summed E-state index contributed by atoms with van der Waals surface area (Å²) in [6.07, 6.45) is 1.65. The van der Waals surface area contributed by atoms with E-state index in [4.69, 9.17) is 9.72 Å². The summed E-state index contributed by atoms with van der Waals surface area (Å²) >= 11 is 1.68. The maximum absolute atomic E-state index is 5.46. The van der Waals surface area contributed by atoms with Gasteiger partial charge in [0.1, 0.15) is 22.8 Å². The Morgan fingerprint density at radius 2 is 2.08 bits per heavy atom. The third kappa shape index (κ3) is 3.14. The Morgan fingerprint density at radius 1 is 1.28 bits per heavy atom. The van der Waals surface area contributed by atoms with E-state index in [0.29, 0.717) is 5.92 Å². The number of aryl methyl sites for hydroxylation is 1. The molecule has 1 N–H and O–H groups in total. The minimum atomic E-state index is 0.562. The van der Waals surface area contributed by atoms with Gasteiger partial charge in [-0.05, 0) is 24.5 Å². The van der Waals surface area contributed by atoms with E-state index in [1.54, 1.807) is 17.7 Å². The maximum atomic E-state index is 5.46. The van der Waals surface area contributed by atoms with E-state index in [-0.39, 0.29) is 0 Å². The first-order valence-corrected chi connectivity index (χ1v) is 9.56. The van der Waals surface area contributed by atoms with Crippen LogP contribution in [-0.4, -0.2) is 47.8 Å². The molecule has 0 radical (unpaired) electrons. The monoisotopic (exact) mass is 357 g/mol. The van der Waals surface area contributed by atoms with Crippen molar-refractivity contribution in [2.45, 2.75) is 20.8 Å². The third-order valence-electron chi connectivity index (χ3n) is 4.42. The lowest BCUT2D eigenvalue weighted by Crippen LogP contribution is -2.36. The van der Waals surface area contributed by atoms with Crippen molar-refractivity contribution in [1.29, 1.82) is 0 Å². The van der Waals surface area contributed by atoms with Crippen LogP contribution in [0.5, 0.6) is 0 Å². The van der Waals surface area contributed by atoms with Gasteiger partial charge in [-0.2, -0.15) is 0 Å². The average molecular weight is 357 g/mol. The molecule has 1 fully saturated rings. The Bertz CT molecular complexity index is 901. The van der Waals surface area contributed by atoms with Gasteiger partial charge in [0.25, 0.3) is 0 Å². The summed E-state index contributed by atoms with van der Waals surface area (Å²) in [6.45, 7) is 10.7. The molecule has 0 saturated carbocycles. The number of fused-ring (bicyclic) bond motifs is 3. The fraction of sp³-hybridized carbons (Fsp3) is 0.500. The van der Waals surface area contributed by atoms with E-state index in [1.807, 2.05) is 0 Å². The van der Waals surface area contributed by atoms with Crippen LogP contribution in [0.1, 0.15) is 19.4 Å². The number of hydrogen-bond acceptors (Lipinski definition) is 7. The molecular formula is C18H23N5OS. The molecule has 0 amide bonds. The van der Waals surface area contributed by atoms with E-state index in [1.165, 1.54) is 5.56 Å². The fourth-order valence-electron chi connectivity index (χ4n) is 3.11. The Morgan fingerprint density at radius 3 is 2.84 bits per heavy atom. The highest BCUT2D eigenvalue weighted by atomic mass is 32.1. The van der Waals surface area contributed by atoms with Gasteiger partial charge in [-0.1, -0.05) is 13.8 Å². The molecule has 0 spiro atoms. The summed E-state index contributed by atoms with van der Waals surface area (Å²) in [4.78, 5) is 17.2. The highest BCUT2D eigenvalue weighted by Gasteiger charge is 2.18. The quantitative estimate of drug-likeness (QED) is 0.772. The molecule has 0 aliphatic carbocycles. The molecule has 0 aromatic carbocycles. The first kappa shape index (κ1) is 16.5. The molecule has 7 heteroatoms. The van der Waals surface area contributed by atoms with Gasteiger partial charge in [-0.25, -0.2) is 15.0 Å². The van der Waals surface area contributed by atoms with E-state index in [2.05, 4.69) is 47.0 Å². The van der Waals surface area contributed by atoms with Crippen molar-refractivity contribution in [3.05, 3.63) is 18.0 Å². The molecule has 0 unspecified atom stereocenters. The number of hydrogen-bond donors (Lipinski definition) is 1. The van der Waals surface area contributed by atoms with Crippen molar-refractivity contribution >= 4 is 43.4 Å². The summed E-state index contributed by atoms with van der Waals surface area (Å²) < 4.78 is 6.55. The zero-order chi connectivity index (χ0) is 17.4. The van der Waals surface area contributed by atoms with Crippen LogP contribution < -0.4 is 10.2 Å². The van der Waals surface area contributed by atoms with Crippen LogP contribution in [-0.2, 0) is 4.74 Å². The molecule has 3 aromatic heterocycles. The summed E-state index contributed by atoms with van der Waals surface area (Å²) in [5, 5.41) is 4.60. The Balaban J connectivity index is 1.80. The standard InChI is InChI=1S/C18H23N5OS/c1-11(2)9-19-17-16-15(20-10-21-17)14-12(3)8-13(22-18(14)25-16)23-4-6-24-7-5-23/h8,10-11H,4-7,9H2,1-3H3,(H,19,20,21). The van der Waals surface area contributed by atoms with E-state index in [9.17, 15) is 0 Å². The number of nitrogens with one attached hydrogen (secondary N) is 1. The van der Waals surface area contributed by atoms with E-state index in [0.717, 1.165) is 64.9 Å².